The number of aryl methyl sites for hydroxylation is 2. The summed E-state index contributed by atoms with van der Waals surface area (Å²) in [6.45, 7) is 3.58. The third kappa shape index (κ3) is 3.46. The first-order valence-electron chi connectivity index (χ1n) is 9.48. The molecular weight excluding hydrogens is 380 g/mol. The molecule has 0 aliphatic carbocycles. The quantitative estimate of drug-likeness (QED) is 0.343. The molecule has 5 nitrogen and oxygen atoms in total. The normalized spacial score (nSPS) is 10.8. The molecule has 0 fully saturated rings. The van der Waals surface area contributed by atoms with Crippen LogP contribution < -0.4 is 14.9 Å². The maximum Gasteiger partial charge on any atom is 0.343 e. The highest BCUT2D eigenvalue weighted by atomic mass is 16.5. The monoisotopic (exact) mass is 400 g/mol. The van der Waals surface area contributed by atoms with Gasteiger partial charge in [-0.2, -0.15) is 0 Å². The largest absolute Gasteiger partial charge is 0.496 e. The summed E-state index contributed by atoms with van der Waals surface area (Å²) in [6.07, 6.45) is 0. The second-order valence-electron chi connectivity index (χ2n) is 6.93. The summed E-state index contributed by atoms with van der Waals surface area (Å²) in [7, 11) is 1.56. The number of ether oxygens (including phenoxy) is 2. The number of para-hydroxylation sites is 1. The number of carbonyl (C=O) groups excluding carboxylic acids is 1. The summed E-state index contributed by atoms with van der Waals surface area (Å²) in [5.74, 6) is 0.899. The van der Waals surface area contributed by atoms with Gasteiger partial charge >= 0.3 is 5.97 Å². The molecule has 0 saturated heterocycles. The summed E-state index contributed by atoms with van der Waals surface area (Å²) >= 11 is 0. The van der Waals surface area contributed by atoms with E-state index in [0.717, 1.165) is 5.56 Å². The van der Waals surface area contributed by atoms with Crippen molar-refractivity contribution < 1.29 is 18.7 Å². The highest BCUT2D eigenvalue weighted by molar-refractivity contribution is 5.93. The van der Waals surface area contributed by atoms with Crippen molar-refractivity contribution in [1.29, 1.82) is 0 Å². The number of fused-ring (bicyclic) bond motifs is 1. The van der Waals surface area contributed by atoms with Gasteiger partial charge in [-0.15, -0.1) is 0 Å². The van der Waals surface area contributed by atoms with E-state index < -0.39 is 5.97 Å². The van der Waals surface area contributed by atoms with Gasteiger partial charge in [-0.05, 0) is 43.7 Å². The number of carbonyl (C=O) groups is 1. The number of rotatable bonds is 4. The lowest BCUT2D eigenvalue weighted by Crippen LogP contribution is -2.11. The van der Waals surface area contributed by atoms with E-state index in [4.69, 9.17) is 13.9 Å². The van der Waals surface area contributed by atoms with Crippen LogP contribution in [0, 0.1) is 13.8 Å². The van der Waals surface area contributed by atoms with Crippen molar-refractivity contribution in [2.24, 2.45) is 0 Å². The number of esters is 1. The van der Waals surface area contributed by atoms with Crippen LogP contribution in [0.25, 0.3) is 22.1 Å². The van der Waals surface area contributed by atoms with E-state index in [2.05, 4.69) is 0 Å². The summed E-state index contributed by atoms with van der Waals surface area (Å²) in [5.41, 5.74) is 2.61. The van der Waals surface area contributed by atoms with Crippen LogP contribution in [0.4, 0.5) is 0 Å². The van der Waals surface area contributed by atoms with Crippen molar-refractivity contribution in [3.63, 3.8) is 0 Å². The molecule has 3 aromatic carbocycles. The van der Waals surface area contributed by atoms with E-state index in [1.54, 1.807) is 50.4 Å². The zero-order chi connectivity index (χ0) is 21.3. The zero-order valence-electron chi connectivity index (χ0n) is 16.9. The molecule has 1 heterocycles. The fourth-order valence-corrected chi connectivity index (χ4v) is 3.48. The van der Waals surface area contributed by atoms with Crippen molar-refractivity contribution in [1.82, 2.24) is 0 Å². The van der Waals surface area contributed by atoms with Crippen LogP contribution in [0.15, 0.2) is 75.9 Å². The van der Waals surface area contributed by atoms with Gasteiger partial charge in [0.1, 0.15) is 22.8 Å². The van der Waals surface area contributed by atoms with Gasteiger partial charge in [-0.3, -0.25) is 4.79 Å². The Labute approximate surface area is 173 Å². The summed E-state index contributed by atoms with van der Waals surface area (Å²) in [4.78, 5) is 25.7. The second-order valence-corrected chi connectivity index (χ2v) is 6.93. The predicted molar refractivity (Wildman–Crippen MR) is 115 cm³/mol. The van der Waals surface area contributed by atoms with Crippen molar-refractivity contribution >= 4 is 16.9 Å². The molecule has 0 aliphatic heterocycles. The molecule has 0 unspecified atom stereocenters. The van der Waals surface area contributed by atoms with Crippen LogP contribution in [-0.2, 0) is 0 Å². The number of hydrogen-bond acceptors (Lipinski definition) is 5. The molecule has 0 bridgehead atoms. The third-order valence-electron chi connectivity index (χ3n) is 4.99. The summed E-state index contributed by atoms with van der Waals surface area (Å²) in [5, 5.41) is 0.400. The van der Waals surface area contributed by atoms with E-state index in [1.165, 1.54) is 0 Å². The van der Waals surface area contributed by atoms with Gasteiger partial charge in [-0.25, -0.2) is 4.79 Å². The van der Waals surface area contributed by atoms with Crippen LogP contribution in [0.5, 0.6) is 11.5 Å². The first-order valence-corrected chi connectivity index (χ1v) is 9.48. The fraction of sp³-hybridized carbons (Fsp3) is 0.120. The first kappa shape index (κ1) is 19.5. The van der Waals surface area contributed by atoms with Crippen molar-refractivity contribution in [3.8, 4) is 22.6 Å². The molecule has 4 rings (SSSR count). The third-order valence-corrected chi connectivity index (χ3v) is 4.99. The lowest BCUT2D eigenvalue weighted by molar-refractivity contribution is 0.0734. The van der Waals surface area contributed by atoms with Crippen LogP contribution >= 0.6 is 0 Å². The van der Waals surface area contributed by atoms with Crippen molar-refractivity contribution in [2.45, 2.75) is 13.8 Å². The van der Waals surface area contributed by atoms with Gasteiger partial charge < -0.3 is 13.9 Å². The van der Waals surface area contributed by atoms with Gasteiger partial charge in [0.25, 0.3) is 0 Å². The topological polar surface area (TPSA) is 65.7 Å². The molecule has 5 heteroatoms. The first-order chi connectivity index (χ1) is 14.5. The Morgan fingerprint density at radius 2 is 1.67 bits per heavy atom. The van der Waals surface area contributed by atoms with Crippen molar-refractivity contribution in [3.05, 3.63) is 93.8 Å². The zero-order valence-corrected chi connectivity index (χ0v) is 16.9. The molecule has 4 aromatic rings. The molecule has 0 spiro atoms. The van der Waals surface area contributed by atoms with E-state index in [9.17, 15) is 9.59 Å². The molecule has 0 saturated carbocycles. The highest BCUT2D eigenvalue weighted by Crippen LogP contribution is 2.32. The lowest BCUT2D eigenvalue weighted by atomic mass is 10.0. The smallest absolute Gasteiger partial charge is 0.343 e. The second kappa shape index (κ2) is 7.87. The van der Waals surface area contributed by atoms with E-state index in [-0.39, 0.29) is 5.43 Å². The van der Waals surface area contributed by atoms with Gasteiger partial charge in [0.2, 0.25) is 5.43 Å². The minimum absolute atomic E-state index is 0.171. The van der Waals surface area contributed by atoms with Gasteiger partial charge in [0.15, 0.2) is 0 Å². The molecule has 0 radical (unpaired) electrons. The van der Waals surface area contributed by atoms with Crippen molar-refractivity contribution in [2.75, 3.05) is 7.11 Å². The maximum absolute atomic E-state index is 13.2. The number of hydrogen-bond donors (Lipinski definition) is 0. The molecule has 0 N–H and O–H groups in total. The van der Waals surface area contributed by atoms with Gasteiger partial charge in [0.05, 0.1) is 23.6 Å². The number of methoxy groups -OCH3 is 1. The van der Waals surface area contributed by atoms with Gasteiger partial charge in [-0.1, -0.05) is 36.4 Å². The van der Waals surface area contributed by atoms with Crippen LogP contribution in [-0.4, -0.2) is 13.1 Å². The Morgan fingerprint density at radius 1 is 0.933 bits per heavy atom. The molecule has 150 valence electrons. The van der Waals surface area contributed by atoms with E-state index >= 15 is 0 Å². The minimum Gasteiger partial charge on any atom is -0.496 e. The summed E-state index contributed by atoms with van der Waals surface area (Å²) < 4.78 is 16.8. The lowest BCUT2D eigenvalue weighted by Gasteiger charge is -2.11. The molecule has 1 aromatic heterocycles. The van der Waals surface area contributed by atoms with Gasteiger partial charge in [0, 0.05) is 11.6 Å². The molecule has 0 atom stereocenters. The average Bonchev–Trinajstić information content (AvgIpc) is 2.74. The summed E-state index contributed by atoms with van der Waals surface area (Å²) in [6, 6.07) is 19.3. The minimum atomic E-state index is -0.461. The van der Waals surface area contributed by atoms with Crippen LogP contribution in [0.1, 0.15) is 21.7 Å². The van der Waals surface area contributed by atoms with E-state index in [0.29, 0.717) is 44.9 Å². The Hall–Kier alpha value is -3.86. The Morgan fingerprint density at radius 3 is 2.43 bits per heavy atom. The predicted octanol–water partition coefficient (Wildman–Crippen LogP) is 5.30. The highest BCUT2D eigenvalue weighted by Gasteiger charge is 2.18. The maximum atomic E-state index is 13.2. The van der Waals surface area contributed by atoms with Crippen LogP contribution in [0.3, 0.4) is 0 Å². The Balaban J connectivity index is 1.76. The number of benzene rings is 3. The molecule has 0 aliphatic rings. The standard InChI is InChI=1S/C25H20O5/c1-15-8-4-5-9-18(15)25(27)30-17-12-13-20-22(14-17)29-16(2)23(24(20)26)19-10-6-7-11-21(19)28-3/h4-14H,1-3H3. The SMILES string of the molecule is COc1ccccc1-c1c(C)oc2cc(OC(=O)c3ccccc3C)ccc2c1=O. The Bertz CT molecular complexity index is 1320. The molecule has 30 heavy (non-hydrogen) atoms. The van der Waals surface area contributed by atoms with E-state index in [1.807, 2.05) is 37.3 Å². The molecule has 0 amide bonds. The fourth-order valence-electron chi connectivity index (χ4n) is 3.48. The van der Waals surface area contributed by atoms with Crippen LogP contribution in [0.2, 0.25) is 0 Å². The molecular formula is C25H20O5. The Kier molecular flexibility index (Phi) is 5.11. The average molecular weight is 400 g/mol.